The van der Waals surface area contributed by atoms with E-state index >= 15 is 0 Å². The first-order chi connectivity index (χ1) is 15.0. The summed E-state index contributed by atoms with van der Waals surface area (Å²) in [6.45, 7) is 3.60. The Hall–Kier alpha value is -3.27. The molecule has 168 valence electrons. The van der Waals surface area contributed by atoms with Gasteiger partial charge in [-0.25, -0.2) is 9.59 Å². The molecule has 9 nitrogen and oxygen atoms in total. The van der Waals surface area contributed by atoms with Crippen molar-refractivity contribution in [1.29, 1.82) is 0 Å². The van der Waals surface area contributed by atoms with Crippen LogP contribution < -0.4 is 10.8 Å². The highest BCUT2D eigenvalue weighted by molar-refractivity contribution is 6.27. The summed E-state index contributed by atoms with van der Waals surface area (Å²) in [7, 11) is 0. The van der Waals surface area contributed by atoms with Gasteiger partial charge < -0.3 is 20.3 Å². The minimum Gasteiger partial charge on any atom is -0.473 e. The van der Waals surface area contributed by atoms with E-state index in [4.69, 9.17) is 24.6 Å². The molecule has 1 heterocycles. The van der Waals surface area contributed by atoms with E-state index in [1.54, 1.807) is 0 Å². The van der Waals surface area contributed by atoms with E-state index in [1.165, 1.54) is 18.4 Å². The monoisotopic (exact) mass is 432 g/mol. The maximum Gasteiger partial charge on any atom is 0.414 e. The number of hydrogen-bond donors (Lipinski definition) is 4. The van der Waals surface area contributed by atoms with Crippen LogP contribution in [0.2, 0.25) is 0 Å². The van der Waals surface area contributed by atoms with Crippen LogP contribution in [0.3, 0.4) is 0 Å². The van der Waals surface area contributed by atoms with Gasteiger partial charge in [0, 0.05) is 12.6 Å². The number of carboxylic acids is 2. The second kappa shape index (κ2) is 16.5. The zero-order chi connectivity index (χ0) is 22.7. The lowest BCUT2D eigenvalue weighted by Crippen LogP contribution is -2.42. The quantitative estimate of drug-likeness (QED) is 0.294. The van der Waals surface area contributed by atoms with Crippen molar-refractivity contribution < 1.29 is 34.2 Å². The van der Waals surface area contributed by atoms with E-state index in [9.17, 15) is 4.79 Å². The van der Waals surface area contributed by atoms with Crippen LogP contribution in [-0.4, -0.2) is 47.8 Å². The van der Waals surface area contributed by atoms with Crippen molar-refractivity contribution in [2.24, 2.45) is 0 Å². The smallest absolute Gasteiger partial charge is 0.414 e. The van der Waals surface area contributed by atoms with Crippen molar-refractivity contribution in [3.63, 3.8) is 0 Å². The van der Waals surface area contributed by atoms with Crippen molar-refractivity contribution in [1.82, 2.24) is 10.8 Å². The third-order valence-electron chi connectivity index (χ3n) is 3.97. The van der Waals surface area contributed by atoms with Gasteiger partial charge in [0.05, 0.1) is 6.61 Å². The first-order valence-electron chi connectivity index (χ1n) is 9.70. The molecule has 0 saturated carbocycles. The largest absolute Gasteiger partial charge is 0.473 e. The Morgan fingerprint density at radius 1 is 0.968 bits per heavy atom. The lowest BCUT2D eigenvalue weighted by molar-refractivity contribution is -0.159. The van der Waals surface area contributed by atoms with E-state index in [0.29, 0.717) is 25.7 Å². The molecule has 0 amide bonds. The fourth-order valence-electron chi connectivity index (χ4n) is 2.47. The summed E-state index contributed by atoms with van der Waals surface area (Å²) in [5.74, 6) is -3.65. The van der Waals surface area contributed by atoms with Gasteiger partial charge in [-0.2, -0.15) is 5.48 Å². The fraction of sp³-hybridized carbons (Fsp3) is 0.318. The Bertz CT molecular complexity index is 739. The van der Waals surface area contributed by atoms with Crippen LogP contribution in [-0.2, 0) is 37.2 Å². The van der Waals surface area contributed by atoms with Crippen molar-refractivity contribution in [2.45, 2.75) is 32.1 Å². The molecule has 1 saturated heterocycles. The minimum atomic E-state index is -1.82. The molecule has 1 aliphatic heterocycles. The minimum absolute atomic E-state index is 0.365. The van der Waals surface area contributed by atoms with Crippen LogP contribution in [0.1, 0.15) is 24.0 Å². The molecule has 0 spiro atoms. The Morgan fingerprint density at radius 3 is 1.97 bits per heavy atom. The van der Waals surface area contributed by atoms with E-state index in [2.05, 4.69) is 27.7 Å². The van der Waals surface area contributed by atoms with Gasteiger partial charge in [0.15, 0.2) is 0 Å². The predicted octanol–water partition coefficient (Wildman–Crippen LogP) is 1.97. The second-order valence-corrected chi connectivity index (χ2v) is 6.44. The van der Waals surface area contributed by atoms with Gasteiger partial charge in [-0.3, -0.25) is 9.63 Å². The van der Waals surface area contributed by atoms with Crippen LogP contribution in [0, 0.1) is 0 Å². The van der Waals surface area contributed by atoms with E-state index in [0.717, 1.165) is 18.7 Å². The van der Waals surface area contributed by atoms with Crippen LogP contribution >= 0.6 is 0 Å². The molecule has 0 radical (unpaired) electrons. The summed E-state index contributed by atoms with van der Waals surface area (Å²) in [6.07, 6.45) is 2.42. The van der Waals surface area contributed by atoms with E-state index in [-0.39, 0.29) is 0 Å². The van der Waals surface area contributed by atoms with Gasteiger partial charge in [0.2, 0.25) is 0 Å². The van der Waals surface area contributed by atoms with Crippen molar-refractivity contribution in [3.8, 4) is 0 Å². The molecule has 2 aromatic carbocycles. The molecule has 2 aromatic rings. The predicted molar refractivity (Wildman–Crippen MR) is 113 cm³/mol. The van der Waals surface area contributed by atoms with Crippen LogP contribution in [0.15, 0.2) is 60.7 Å². The van der Waals surface area contributed by atoms with Gasteiger partial charge in [0.1, 0.15) is 6.61 Å². The standard InChI is InChI=1S/C12H18N2O.C8H8O2.C2H2O4/c1-2-5-11(6-3-1)10-15-14-12-7-4-8-13-9-12;9-7-10-6-8-4-2-1-3-5-8;3-1(4)2(5)6/h1-3,5-6,12-14H,4,7-10H2;1-5,7H,6H2;(H,3,4)(H,5,6). The third-order valence-corrected chi connectivity index (χ3v) is 3.97. The average molecular weight is 432 g/mol. The molecule has 3 rings (SSSR count). The molecular formula is C22H28N2O7. The molecule has 1 unspecified atom stereocenters. The molecular weight excluding hydrogens is 404 g/mol. The van der Waals surface area contributed by atoms with Crippen molar-refractivity contribution in [2.75, 3.05) is 13.1 Å². The molecule has 0 aromatic heterocycles. The summed E-state index contributed by atoms with van der Waals surface area (Å²) in [5.41, 5.74) is 5.32. The number of carbonyl (C=O) groups excluding carboxylic acids is 1. The van der Waals surface area contributed by atoms with Crippen LogP contribution in [0.25, 0.3) is 0 Å². The van der Waals surface area contributed by atoms with Gasteiger partial charge >= 0.3 is 11.9 Å². The molecule has 0 bridgehead atoms. The average Bonchev–Trinajstić information content (AvgIpc) is 2.80. The molecule has 4 N–H and O–H groups in total. The lowest BCUT2D eigenvalue weighted by Gasteiger charge is -2.23. The maximum atomic E-state index is 9.76. The number of carbonyl (C=O) groups is 3. The summed E-state index contributed by atoms with van der Waals surface area (Å²) in [4.78, 5) is 33.4. The van der Waals surface area contributed by atoms with Crippen molar-refractivity contribution in [3.05, 3.63) is 71.8 Å². The van der Waals surface area contributed by atoms with Gasteiger partial charge in [-0.05, 0) is 30.5 Å². The number of hydrogen-bond acceptors (Lipinski definition) is 7. The third kappa shape index (κ3) is 13.6. The normalized spacial score (nSPS) is 14.6. The Labute approximate surface area is 180 Å². The fourth-order valence-corrected chi connectivity index (χ4v) is 2.47. The van der Waals surface area contributed by atoms with E-state index in [1.807, 2.05) is 48.5 Å². The second-order valence-electron chi connectivity index (χ2n) is 6.44. The van der Waals surface area contributed by atoms with E-state index < -0.39 is 11.9 Å². The number of hydroxylamine groups is 1. The Balaban J connectivity index is 0.000000260. The molecule has 1 aliphatic rings. The topological polar surface area (TPSA) is 134 Å². The van der Waals surface area contributed by atoms with Gasteiger partial charge in [-0.15, -0.1) is 0 Å². The number of aliphatic carboxylic acids is 2. The first-order valence-corrected chi connectivity index (χ1v) is 9.70. The molecule has 1 atom stereocenters. The number of rotatable bonds is 7. The molecule has 31 heavy (non-hydrogen) atoms. The maximum absolute atomic E-state index is 9.76. The lowest BCUT2D eigenvalue weighted by atomic mass is 10.1. The molecule has 0 aliphatic carbocycles. The Kier molecular flexibility index (Phi) is 13.7. The highest BCUT2D eigenvalue weighted by Crippen LogP contribution is 2.03. The summed E-state index contributed by atoms with van der Waals surface area (Å²) < 4.78 is 4.54. The highest BCUT2D eigenvalue weighted by Gasteiger charge is 2.11. The number of carboxylic acid groups (broad SMARTS) is 2. The van der Waals surface area contributed by atoms with Crippen molar-refractivity contribution >= 4 is 18.4 Å². The number of piperidine rings is 1. The van der Waals surface area contributed by atoms with Crippen LogP contribution in [0.4, 0.5) is 0 Å². The Morgan fingerprint density at radius 2 is 1.52 bits per heavy atom. The van der Waals surface area contributed by atoms with Gasteiger partial charge in [-0.1, -0.05) is 60.7 Å². The number of ether oxygens (including phenoxy) is 1. The van der Waals surface area contributed by atoms with Crippen LogP contribution in [0.5, 0.6) is 0 Å². The summed E-state index contributed by atoms with van der Waals surface area (Å²) in [5, 5.41) is 18.1. The number of nitrogens with one attached hydrogen (secondary N) is 2. The first kappa shape index (κ1) is 25.8. The highest BCUT2D eigenvalue weighted by atomic mass is 16.6. The van der Waals surface area contributed by atoms with Gasteiger partial charge in [0.25, 0.3) is 6.47 Å². The summed E-state index contributed by atoms with van der Waals surface area (Å²) in [6, 6.07) is 20.2. The number of benzene rings is 2. The summed E-state index contributed by atoms with van der Waals surface area (Å²) >= 11 is 0. The SMILES string of the molecule is O=C(O)C(=O)O.O=COCc1ccccc1.c1ccc(CONC2CCCNC2)cc1. The zero-order valence-electron chi connectivity index (χ0n) is 17.1. The molecule has 9 heteroatoms. The zero-order valence-corrected chi connectivity index (χ0v) is 17.1. The molecule has 1 fully saturated rings.